The number of ether oxygens (including phenoxy) is 2. The number of hydrogen-bond acceptors (Lipinski definition) is 10. The third kappa shape index (κ3) is 5.58. The van der Waals surface area contributed by atoms with Crippen LogP contribution in [-0.2, 0) is 4.74 Å². The molecule has 0 aliphatic carbocycles. The van der Waals surface area contributed by atoms with Gasteiger partial charge in [-0.25, -0.2) is 4.79 Å². The number of phenols is 1. The normalized spacial score (nSPS) is 11.5. The zero-order valence-electron chi connectivity index (χ0n) is 17.1. The van der Waals surface area contributed by atoms with E-state index < -0.39 is 12.0 Å². The van der Waals surface area contributed by atoms with E-state index in [0.29, 0.717) is 12.3 Å². The first kappa shape index (κ1) is 21.8. The maximum atomic E-state index is 11.6. The number of aliphatic hydroxyl groups is 1. The molecule has 1 aromatic heterocycles. The average molecular weight is 425 g/mol. The van der Waals surface area contributed by atoms with Crippen LogP contribution in [0.4, 0.5) is 17.6 Å². The predicted octanol–water partition coefficient (Wildman–Crippen LogP) is 2.65. The molecule has 1 heterocycles. The van der Waals surface area contributed by atoms with Gasteiger partial charge in [0.05, 0.1) is 26.4 Å². The Hall–Kier alpha value is -3.92. The van der Waals surface area contributed by atoms with Crippen molar-refractivity contribution in [2.24, 2.45) is 0 Å². The molecule has 1 atom stereocenters. The van der Waals surface area contributed by atoms with Crippen LogP contribution < -0.4 is 15.4 Å². The zero-order valence-corrected chi connectivity index (χ0v) is 17.1. The second-order valence-electron chi connectivity index (χ2n) is 6.34. The second kappa shape index (κ2) is 10.2. The summed E-state index contributed by atoms with van der Waals surface area (Å²) in [4.78, 5) is 24.4. The van der Waals surface area contributed by atoms with Crippen LogP contribution in [0.5, 0.6) is 11.8 Å². The fourth-order valence-electron chi connectivity index (χ4n) is 2.77. The Morgan fingerprint density at radius 2 is 1.84 bits per heavy atom. The lowest BCUT2D eigenvalue weighted by Gasteiger charge is -2.17. The van der Waals surface area contributed by atoms with E-state index in [9.17, 15) is 15.0 Å². The minimum Gasteiger partial charge on any atom is -0.507 e. The molecule has 162 valence electrons. The SMILES string of the molecule is CCOc1nc(Nc2ccc(C(=O)OC)c(O)c2)nc(NC(CO)c2ccccc2)n1. The van der Waals surface area contributed by atoms with Crippen LogP contribution in [0, 0.1) is 0 Å². The number of rotatable bonds is 9. The molecular weight excluding hydrogens is 402 g/mol. The van der Waals surface area contributed by atoms with Crippen LogP contribution in [0.3, 0.4) is 0 Å². The third-order valence-corrected chi connectivity index (χ3v) is 4.24. The Morgan fingerprint density at radius 3 is 2.48 bits per heavy atom. The number of aliphatic hydroxyl groups excluding tert-OH is 1. The summed E-state index contributed by atoms with van der Waals surface area (Å²) in [6, 6.07) is 13.4. The van der Waals surface area contributed by atoms with E-state index >= 15 is 0 Å². The largest absolute Gasteiger partial charge is 0.507 e. The lowest BCUT2D eigenvalue weighted by atomic mass is 10.1. The van der Waals surface area contributed by atoms with Gasteiger partial charge in [0.1, 0.15) is 11.3 Å². The highest BCUT2D eigenvalue weighted by molar-refractivity contribution is 5.93. The first-order valence-corrected chi connectivity index (χ1v) is 9.53. The summed E-state index contributed by atoms with van der Waals surface area (Å²) in [6.07, 6.45) is 0. The lowest BCUT2D eigenvalue weighted by molar-refractivity contribution is 0.0597. The number of methoxy groups -OCH3 is 1. The van der Waals surface area contributed by atoms with Gasteiger partial charge < -0.3 is 30.3 Å². The fraction of sp³-hybridized carbons (Fsp3) is 0.238. The molecule has 0 radical (unpaired) electrons. The van der Waals surface area contributed by atoms with Crippen LogP contribution in [0.2, 0.25) is 0 Å². The lowest BCUT2D eigenvalue weighted by Crippen LogP contribution is -2.17. The Bertz CT molecular complexity index is 1030. The van der Waals surface area contributed by atoms with Crippen LogP contribution in [0.15, 0.2) is 48.5 Å². The highest BCUT2D eigenvalue weighted by atomic mass is 16.5. The number of aromatic nitrogens is 3. The summed E-state index contributed by atoms with van der Waals surface area (Å²) in [6.45, 7) is 1.97. The first-order valence-electron chi connectivity index (χ1n) is 9.53. The van der Waals surface area contributed by atoms with Crippen molar-refractivity contribution in [3.63, 3.8) is 0 Å². The Kier molecular flexibility index (Phi) is 7.17. The van der Waals surface area contributed by atoms with Gasteiger partial charge in [0.2, 0.25) is 11.9 Å². The number of aromatic hydroxyl groups is 1. The summed E-state index contributed by atoms with van der Waals surface area (Å²) in [7, 11) is 1.23. The van der Waals surface area contributed by atoms with Gasteiger partial charge in [-0.1, -0.05) is 30.3 Å². The molecule has 31 heavy (non-hydrogen) atoms. The monoisotopic (exact) mass is 425 g/mol. The van der Waals surface area contributed by atoms with Gasteiger partial charge in [-0.3, -0.25) is 0 Å². The quantitative estimate of drug-likeness (QED) is 0.378. The summed E-state index contributed by atoms with van der Waals surface area (Å²) in [5.74, 6) is -0.556. The van der Waals surface area contributed by atoms with Gasteiger partial charge in [0.25, 0.3) is 0 Å². The Labute approximate surface area is 178 Å². The summed E-state index contributed by atoms with van der Waals surface area (Å²) < 4.78 is 10.0. The topological polar surface area (TPSA) is 139 Å². The van der Waals surface area contributed by atoms with Gasteiger partial charge in [-0.05, 0) is 24.6 Å². The van der Waals surface area contributed by atoms with Gasteiger partial charge in [0.15, 0.2) is 0 Å². The number of esters is 1. The molecule has 0 saturated heterocycles. The molecule has 0 saturated carbocycles. The van der Waals surface area contributed by atoms with E-state index in [1.807, 2.05) is 30.3 Å². The average Bonchev–Trinajstić information content (AvgIpc) is 2.78. The van der Waals surface area contributed by atoms with E-state index in [0.717, 1.165) is 5.56 Å². The van der Waals surface area contributed by atoms with E-state index in [1.54, 1.807) is 13.0 Å². The van der Waals surface area contributed by atoms with E-state index in [1.165, 1.54) is 19.2 Å². The molecule has 10 nitrogen and oxygen atoms in total. The number of carbonyl (C=O) groups excluding carboxylic acids is 1. The summed E-state index contributed by atoms with van der Waals surface area (Å²) in [5, 5.41) is 25.9. The predicted molar refractivity (Wildman–Crippen MR) is 114 cm³/mol. The zero-order chi connectivity index (χ0) is 22.2. The van der Waals surface area contributed by atoms with Crippen molar-refractivity contribution in [3.05, 3.63) is 59.7 Å². The molecule has 3 rings (SSSR count). The molecule has 0 amide bonds. The highest BCUT2D eigenvalue weighted by Gasteiger charge is 2.16. The third-order valence-electron chi connectivity index (χ3n) is 4.24. The van der Waals surface area contributed by atoms with Crippen molar-refractivity contribution in [1.29, 1.82) is 0 Å². The molecule has 3 aromatic rings. The number of carbonyl (C=O) groups is 1. The maximum absolute atomic E-state index is 11.6. The molecule has 10 heteroatoms. The molecule has 0 aliphatic heterocycles. The number of nitrogens with one attached hydrogen (secondary N) is 2. The second-order valence-corrected chi connectivity index (χ2v) is 6.34. The maximum Gasteiger partial charge on any atom is 0.341 e. The highest BCUT2D eigenvalue weighted by Crippen LogP contribution is 2.25. The van der Waals surface area contributed by atoms with Gasteiger partial charge in [0, 0.05) is 11.8 Å². The van der Waals surface area contributed by atoms with Crippen molar-refractivity contribution < 1.29 is 24.5 Å². The van der Waals surface area contributed by atoms with E-state index in [2.05, 4.69) is 30.3 Å². The number of nitrogens with zero attached hydrogens (tertiary/aromatic N) is 3. The molecule has 0 aliphatic rings. The number of hydrogen-bond donors (Lipinski definition) is 4. The van der Waals surface area contributed by atoms with Crippen molar-refractivity contribution in [1.82, 2.24) is 15.0 Å². The molecule has 0 fully saturated rings. The molecule has 4 N–H and O–H groups in total. The van der Waals surface area contributed by atoms with Gasteiger partial charge >= 0.3 is 12.0 Å². The number of benzene rings is 2. The smallest absolute Gasteiger partial charge is 0.341 e. The van der Waals surface area contributed by atoms with Crippen LogP contribution in [-0.4, -0.2) is 51.5 Å². The van der Waals surface area contributed by atoms with Crippen molar-refractivity contribution >= 4 is 23.6 Å². The molecule has 0 spiro atoms. The summed E-state index contributed by atoms with van der Waals surface area (Å²) >= 11 is 0. The molecule has 2 aromatic carbocycles. The number of phenolic OH excluding ortho intramolecular Hbond substituents is 1. The Morgan fingerprint density at radius 1 is 1.10 bits per heavy atom. The molecule has 0 bridgehead atoms. The van der Waals surface area contributed by atoms with E-state index in [-0.39, 0.29) is 35.8 Å². The first-order chi connectivity index (χ1) is 15.0. The van der Waals surface area contributed by atoms with Crippen LogP contribution in [0.1, 0.15) is 28.9 Å². The minimum atomic E-state index is -0.648. The summed E-state index contributed by atoms with van der Waals surface area (Å²) in [5.41, 5.74) is 1.34. The van der Waals surface area contributed by atoms with Crippen LogP contribution in [0.25, 0.3) is 0 Å². The Balaban J connectivity index is 1.86. The standard InChI is InChI=1S/C21H23N5O5/c1-3-31-21-25-19(22-14-9-10-15(17(28)11-14)18(29)30-2)24-20(26-21)23-16(12-27)13-7-5-4-6-8-13/h4-11,16,27-28H,3,12H2,1-2H3,(H2,22,23,24,25,26). The van der Waals surface area contributed by atoms with E-state index in [4.69, 9.17) is 4.74 Å². The molecule has 1 unspecified atom stereocenters. The van der Waals surface area contributed by atoms with Gasteiger partial charge in [-0.2, -0.15) is 15.0 Å². The van der Waals surface area contributed by atoms with Crippen LogP contribution >= 0.6 is 0 Å². The van der Waals surface area contributed by atoms with Crippen molar-refractivity contribution in [2.45, 2.75) is 13.0 Å². The van der Waals surface area contributed by atoms with Gasteiger partial charge in [-0.15, -0.1) is 0 Å². The van der Waals surface area contributed by atoms with Crippen molar-refractivity contribution in [2.75, 3.05) is 31.0 Å². The minimum absolute atomic E-state index is 0.0368. The van der Waals surface area contributed by atoms with Crippen molar-refractivity contribution in [3.8, 4) is 11.8 Å². The molecular formula is C21H23N5O5. The number of anilines is 3. The fourth-order valence-corrected chi connectivity index (χ4v) is 2.77.